The average molecular weight is 527 g/mol. The normalized spacial score (nSPS) is 12.6. The van der Waals surface area contributed by atoms with Gasteiger partial charge in [0.2, 0.25) is 11.8 Å². The molecule has 0 bridgehead atoms. The van der Waals surface area contributed by atoms with Gasteiger partial charge in [-0.1, -0.05) is 12.1 Å². The first kappa shape index (κ1) is 24.5. The number of anilines is 1. The molecule has 0 saturated carbocycles. The van der Waals surface area contributed by atoms with Crippen molar-refractivity contribution in [2.24, 2.45) is 14.1 Å². The molecule has 4 heterocycles. The van der Waals surface area contributed by atoms with Gasteiger partial charge in [-0.2, -0.15) is 16.9 Å². The summed E-state index contributed by atoms with van der Waals surface area (Å²) < 4.78 is 18.1. The number of thioether (sulfide) groups is 1. The van der Waals surface area contributed by atoms with E-state index >= 15 is 0 Å². The van der Waals surface area contributed by atoms with Gasteiger partial charge < -0.3 is 15.2 Å². The van der Waals surface area contributed by atoms with Crippen LogP contribution in [0.4, 0.5) is 10.2 Å². The number of aromatic nitrogens is 6. The van der Waals surface area contributed by atoms with Crippen LogP contribution in [-0.4, -0.2) is 40.3 Å². The van der Waals surface area contributed by atoms with E-state index in [-0.39, 0.29) is 42.5 Å². The van der Waals surface area contributed by atoms with Gasteiger partial charge in [0.15, 0.2) is 11.2 Å². The Morgan fingerprint density at radius 3 is 2.57 bits per heavy atom. The van der Waals surface area contributed by atoms with Crippen LogP contribution < -0.4 is 21.9 Å². The molecule has 2 N–H and O–H groups in total. The lowest BCUT2D eigenvalue weighted by Crippen LogP contribution is -2.38. The minimum absolute atomic E-state index is 0.120. The second-order valence-corrected chi connectivity index (χ2v) is 9.61. The molecule has 1 aliphatic rings. The third kappa shape index (κ3) is 4.67. The predicted octanol–water partition coefficient (Wildman–Crippen LogP) is 0.471. The molecule has 12 nitrogen and oxygen atoms in total. The molecule has 1 aromatic carbocycles. The maximum Gasteiger partial charge on any atom is 0.332 e. The predicted molar refractivity (Wildman–Crippen MR) is 134 cm³/mol. The number of benzene rings is 1. The molecule has 5 rings (SSSR count). The number of hydrogen-bond donors (Lipinski definition) is 2. The maximum atomic E-state index is 13.1. The highest BCUT2D eigenvalue weighted by atomic mass is 32.2. The molecule has 4 aromatic rings. The summed E-state index contributed by atoms with van der Waals surface area (Å²) in [5.74, 6) is 0.609. The van der Waals surface area contributed by atoms with Crippen molar-refractivity contribution in [1.82, 2.24) is 33.8 Å². The van der Waals surface area contributed by atoms with E-state index in [0.717, 1.165) is 21.4 Å². The maximum absolute atomic E-state index is 13.1. The number of hydrogen-bond acceptors (Lipinski definition) is 7. The van der Waals surface area contributed by atoms with Crippen LogP contribution in [-0.2, 0) is 54.8 Å². The third-order valence-corrected chi connectivity index (χ3v) is 7.07. The zero-order valence-electron chi connectivity index (χ0n) is 20.0. The van der Waals surface area contributed by atoms with Crippen LogP contribution in [0.15, 0.2) is 40.2 Å². The minimum Gasteiger partial charge on any atom is -0.350 e. The topological polar surface area (TPSA) is 138 Å². The highest BCUT2D eigenvalue weighted by Gasteiger charge is 2.25. The monoisotopic (exact) mass is 526 g/mol. The van der Waals surface area contributed by atoms with Crippen LogP contribution in [0.3, 0.4) is 0 Å². The fourth-order valence-corrected chi connectivity index (χ4v) is 5.19. The summed E-state index contributed by atoms with van der Waals surface area (Å²) in [7, 11) is 2.87. The summed E-state index contributed by atoms with van der Waals surface area (Å²) >= 11 is 1.65. The lowest BCUT2D eigenvalue weighted by molar-refractivity contribution is -0.122. The summed E-state index contributed by atoms with van der Waals surface area (Å²) in [5.41, 5.74) is 1.64. The summed E-state index contributed by atoms with van der Waals surface area (Å²) in [4.78, 5) is 54.6. The van der Waals surface area contributed by atoms with Gasteiger partial charge in [-0.15, -0.1) is 0 Å². The van der Waals surface area contributed by atoms with E-state index in [1.54, 1.807) is 23.9 Å². The van der Waals surface area contributed by atoms with Crippen molar-refractivity contribution < 1.29 is 14.0 Å². The minimum atomic E-state index is -0.552. The number of imidazole rings is 1. The number of nitrogens with one attached hydrogen (secondary N) is 2. The van der Waals surface area contributed by atoms with E-state index in [0.29, 0.717) is 17.3 Å². The van der Waals surface area contributed by atoms with Gasteiger partial charge in [0.25, 0.3) is 5.56 Å². The van der Waals surface area contributed by atoms with Crippen LogP contribution in [0.1, 0.15) is 16.8 Å². The highest BCUT2D eigenvalue weighted by Crippen LogP contribution is 2.34. The van der Waals surface area contributed by atoms with Gasteiger partial charge in [-0.05, 0) is 17.7 Å². The van der Waals surface area contributed by atoms with E-state index < -0.39 is 17.2 Å². The van der Waals surface area contributed by atoms with Gasteiger partial charge in [0, 0.05) is 37.7 Å². The number of amides is 2. The standard InChI is InChI=1S/C23H23FN8O4S/c1-29-21-19(22(35)30(2)23(29)36)31(12-26-21)8-18(34)27-20-15-10-37-11-16(15)28-32(20)9-17(33)25-7-13-3-5-14(24)6-4-13/h3-6,12H,7-11H2,1-2H3,(H,25,33)(H,27,34). The first-order chi connectivity index (χ1) is 17.7. The molecular formula is C23H23FN8O4S. The zero-order valence-corrected chi connectivity index (χ0v) is 20.8. The fraction of sp³-hybridized carbons (Fsp3) is 0.304. The van der Waals surface area contributed by atoms with Crippen molar-refractivity contribution in [1.29, 1.82) is 0 Å². The molecule has 14 heteroatoms. The van der Waals surface area contributed by atoms with Crippen LogP contribution in [0.5, 0.6) is 0 Å². The largest absolute Gasteiger partial charge is 0.350 e. The Kier molecular flexibility index (Phi) is 6.41. The first-order valence-corrected chi connectivity index (χ1v) is 12.5. The molecule has 0 atom stereocenters. The third-order valence-electron chi connectivity index (χ3n) is 6.10. The molecule has 0 spiro atoms. The van der Waals surface area contributed by atoms with E-state index in [1.807, 2.05) is 0 Å². The quantitative estimate of drug-likeness (QED) is 0.357. The van der Waals surface area contributed by atoms with Gasteiger partial charge in [-0.25, -0.2) is 18.9 Å². The van der Waals surface area contributed by atoms with Crippen molar-refractivity contribution in [3.63, 3.8) is 0 Å². The number of aryl methyl sites for hydroxylation is 1. The second kappa shape index (κ2) is 9.69. The molecule has 0 radical (unpaired) electrons. The molecular weight excluding hydrogens is 503 g/mol. The van der Waals surface area contributed by atoms with E-state index in [2.05, 4.69) is 20.7 Å². The zero-order chi connectivity index (χ0) is 26.3. The SMILES string of the molecule is Cn1c(=O)c2c(ncn2CC(=O)Nc2c3c(nn2CC(=O)NCc2ccc(F)cc2)CSC3)n(C)c1=O. The van der Waals surface area contributed by atoms with Crippen molar-refractivity contribution >= 4 is 40.6 Å². The van der Waals surface area contributed by atoms with Crippen LogP contribution in [0, 0.1) is 5.82 Å². The summed E-state index contributed by atoms with van der Waals surface area (Å²) in [5, 5.41) is 10.1. The smallest absolute Gasteiger partial charge is 0.332 e. The summed E-state index contributed by atoms with van der Waals surface area (Å²) in [6, 6.07) is 5.82. The highest BCUT2D eigenvalue weighted by molar-refractivity contribution is 7.98. The molecule has 192 valence electrons. The van der Waals surface area contributed by atoms with Gasteiger partial charge >= 0.3 is 5.69 Å². The molecule has 0 aliphatic carbocycles. The molecule has 3 aromatic heterocycles. The number of rotatable bonds is 7. The van der Waals surface area contributed by atoms with Gasteiger partial charge in [0.1, 0.15) is 24.7 Å². The molecule has 2 amide bonds. The summed E-state index contributed by atoms with van der Waals surface area (Å²) in [6.07, 6.45) is 1.34. The lowest BCUT2D eigenvalue weighted by atomic mass is 10.2. The molecule has 1 aliphatic heterocycles. The Morgan fingerprint density at radius 2 is 1.81 bits per heavy atom. The van der Waals surface area contributed by atoms with Crippen LogP contribution >= 0.6 is 11.8 Å². The lowest BCUT2D eigenvalue weighted by Gasteiger charge is -2.12. The summed E-state index contributed by atoms with van der Waals surface area (Å²) in [6.45, 7) is -0.123. The van der Waals surface area contributed by atoms with Crippen molar-refractivity contribution in [2.45, 2.75) is 31.1 Å². The number of nitrogens with zero attached hydrogens (tertiary/aromatic N) is 6. The fourth-order valence-electron chi connectivity index (χ4n) is 4.16. The van der Waals surface area contributed by atoms with Crippen molar-refractivity contribution in [3.05, 3.63) is 74.1 Å². The Morgan fingerprint density at radius 1 is 1.05 bits per heavy atom. The Balaban J connectivity index is 1.33. The molecule has 0 unspecified atom stereocenters. The molecule has 0 fully saturated rings. The second-order valence-electron chi connectivity index (χ2n) is 8.63. The number of fused-ring (bicyclic) bond motifs is 2. The molecule has 37 heavy (non-hydrogen) atoms. The number of halogens is 1. The average Bonchev–Trinajstić information content (AvgIpc) is 3.58. The Labute approximate surface area is 213 Å². The van der Waals surface area contributed by atoms with Gasteiger partial charge in [0.05, 0.1) is 12.0 Å². The molecule has 0 saturated heterocycles. The number of carbonyl (C=O) groups excluding carboxylic acids is 2. The Bertz CT molecular complexity index is 1650. The van der Waals surface area contributed by atoms with Crippen LogP contribution in [0.2, 0.25) is 0 Å². The van der Waals surface area contributed by atoms with E-state index in [4.69, 9.17) is 0 Å². The van der Waals surface area contributed by atoms with Crippen LogP contribution in [0.25, 0.3) is 11.2 Å². The van der Waals surface area contributed by atoms with Crippen molar-refractivity contribution in [3.8, 4) is 0 Å². The van der Waals surface area contributed by atoms with Gasteiger partial charge in [-0.3, -0.25) is 23.5 Å². The Hall–Kier alpha value is -4.20. The van der Waals surface area contributed by atoms with E-state index in [1.165, 1.54) is 46.4 Å². The number of carbonyl (C=O) groups is 2. The van der Waals surface area contributed by atoms with Crippen molar-refractivity contribution in [2.75, 3.05) is 5.32 Å². The van der Waals surface area contributed by atoms with E-state index in [9.17, 15) is 23.6 Å². The first-order valence-electron chi connectivity index (χ1n) is 11.3.